The van der Waals surface area contributed by atoms with Gasteiger partial charge in [-0.05, 0) is 48.0 Å². The minimum atomic E-state index is 0.258. The van der Waals surface area contributed by atoms with Crippen LogP contribution in [-0.2, 0) is 11.3 Å². The van der Waals surface area contributed by atoms with Crippen LogP contribution >= 0.6 is 11.8 Å². The molecule has 1 aromatic carbocycles. The summed E-state index contributed by atoms with van der Waals surface area (Å²) in [4.78, 5) is 14.0. The van der Waals surface area contributed by atoms with Crippen LogP contribution in [0.4, 0.5) is 5.69 Å². The van der Waals surface area contributed by atoms with Crippen molar-refractivity contribution in [3.05, 3.63) is 29.8 Å². The maximum atomic E-state index is 12.2. The highest BCUT2D eigenvalue weighted by atomic mass is 32.2. The molecular weight excluding hydrogens is 256 g/mol. The minimum absolute atomic E-state index is 0.258. The molecule has 1 saturated heterocycles. The minimum Gasteiger partial charge on any atom is -0.399 e. The van der Waals surface area contributed by atoms with E-state index in [4.69, 9.17) is 5.73 Å². The van der Waals surface area contributed by atoms with Gasteiger partial charge in [-0.3, -0.25) is 4.79 Å². The van der Waals surface area contributed by atoms with Gasteiger partial charge in [-0.1, -0.05) is 12.1 Å². The lowest BCUT2D eigenvalue weighted by Gasteiger charge is -2.24. The Balaban J connectivity index is 1.83. The monoisotopic (exact) mass is 278 g/mol. The molecule has 104 valence electrons. The van der Waals surface area contributed by atoms with Crippen LogP contribution in [-0.4, -0.2) is 29.4 Å². The summed E-state index contributed by atoms with van der Waals surface area (Å²) in [7, 11) is 1.89. The maximum absolute atomic E-state index is 12.2. The van der Waals surface area contributed by atoms with Gasteiger partial charge in [0.05, 0.1) is 0 Å². The number of nitrogens with zero attached hydrogens (tertiary/aromatic N) is 1. The van der Waals surface area contributed by atoms with Crippen LogP contribution in [0.3, 0.4) is 0 Å². The van der Waals surface area contributed by atoms with E-state index >= 15 is 0 Å². The second kappa shape index (κ2) is 6.85. The first kappa shape index (κ1) is 14.3. The van der Waals surface area contributed by atoms with Gasteiger partial charge in [-0.2, -0.15) is 11.8 Å². The predicted molar refractivity (Wildman–Crippen MR) is 82.0 cm³/mol. The molecule has 19 heavy (non-hydrogen) atoms. The van der Waals surface area contributed by atoms with Crippen molar-refractivity contribution in [3.8, 4) is 0 Å². The Labute approximate surface area is 119 Å². The fraction of sp³-hybridized carbons (Fsp3) is 0.533. The molecule has 1 amide bonds. The number of nitrogen functional groups attached to an aromatic ring is 1. The van der Waals surface area contributed by atoms with Crippen LogP contribution in [0.5, 0.6) is 0 Å². The Morgan fingerprint density at radius 3 is 2.58 bits per heavy atom. The molecule has 0 bridgehead atoms. The van der Waals surface area contributed by atoms with E-state index < -0.39 is 0 Å². The number of amides is 1. The van der Waals surface area contributed by atoms with E-state index in [1.807, 2.05) is 48.0 Å². The van der Waals surface area contributed by atoms with Gasteiger partial charge in [0.1, 0.15) is 0 Å². The van der Waals surface area contributed by atoms with Crippen molar-refractivity contribution >= 4 is 23.4 Å². The molecular formula is C15H22N2OS. The number of rotatable bonds is 4. The van der Waals surface area contributed by atoms with Gasteiger partial charge < -0.3 is 10.6 Å². The molecule has 1 aliphatic heterocycles. The van der Waals surface area contributed by atoms with Gasteiger partial charge in [-0.25, -0.2) is 0 Å². The number of carbonyl (C=O) groups is 1. The highest BCUT2D eigenvalue weighted by molar-refractivity contribution is 7.99. The third-order valence-electron chi connectivity index (χ3n) is 3.63. The molecule has 3 nitrogen and oxygen atoms in total. The van der Waals surface area contributed by atoms with Gasteiger partial charge in [0.2, 0.25) is 5.91 Å². The Morgan fingerprint density at radius 1 is 1.32 bits per heavy atom. The molecule has 0 atom stereocenters. The van der Waals surface area contributed by atoms with Crippen molar-refractivity contribution in [3.63, 3.8) is 0 Å². The summed E-state index contributed by atoms with van der Waals surface area (Å²) in [6.07, 6.45) is 3.07. The number of benzene rings is 1. The second-order valence-corrected chi connectivity index (χ2v) is 6.48. The summed E-state index contributed by atoms with van der Waals surface area (Å²) in [5.74, 6) is 3.26. The van der Waals surface area contributed by atoms with Crippen molar-refractivity contribution in [2.24, 2.45) is 5.92 Å². The third-order valence-corrected chi connectivity index (χ3v) is 4.68. The van der Waals surface area contributed by atoms with Crippen LogP contribution < -0.4 is 5.73 Å². The van der Waals surface area contributed by atoms with E-state index in [-0.39, 0.29) is 5.91 Å². The number of anilines is 1. The summed E-state index contributed by atoms with van der Waals surface area (Å²) in [6, 6.07) is 7.73. The lowest BCUT2D eigenvalue weighted by molar-refractivity contribution is -0.131. The summed E-state index contributed by atoms with van der Waals surface area (Å²) in [6.45, 7) is 0.667. The van der Waals surface area contributed by atoms with Crippen molar-refractivity contribution < 1.29 is 4.79 Å². The largest absolute Gasteiger partial charge is 0.399 e. The van der Waals surface area contributed by atoms with Crippen molar-refractivity contribution in [2.75, 3.05) is 24.3 Å². The van der Waals surface area contributed by atoms with Crippen molar-refractivity contribution in [1.82, 2.24) is 4.90 Å². The molecule has 0 saturated carbocycles. The summed E-state index contributed by atoms with van der Waals surface area (Å²) in [5.41, 5.74) is 7.55. The average Bonchev–Trinajstić information content (AvgIpc) is 2.42. The zero-order chi connectivity index (χ0) is 13.7. The highest BCUT2D eigenvalue weighted by Gasteiger charge is 2.19. The van der Waals surface area contributed by atoms with E-state index in [1.165, 1.54) is 24.3 Å². The average molecular weight is 278 g/mol. The van der Waals surface area contributed by atoms with E-state index in [0.29, 0.717) is 18.9 Å². The van der Waals surface area contributed by atoms with Gasteiger partial charge in [0.25, 0.3) is 0 Å². The van der Waals surface area contributed by atoms with Gasteiger partial charge in [-0.15, -0.1) is 0 Å². The summed E-state index contributed by atoms with van der Waals surface area (Å²) in [5, 5.41) is 0. The number of nitrogens with two attached hydrogens (primary N) is 1. The zero-order valence-electron chi connectivity index (χ0n) is 11.5. The Morgan fingerprint density at radius 2 is 1.95 bits per heavy atom. The molecule has 4 heteroatoms. The maximum Gasteiger partial charge on any atom is 0.222 e. The first-order valence-electron chi connectivity index (χ1n) is 6.81. The SMILES string of the molecule is CN(Cc1ccc(N)cc1)C(=O)CC1CCSCC1. The number of thioether (sulfide) groups is 1. The molecule has 2 N–H and O–H groups in total. The van der Waals surface area contributed by atoms with Crippen LogP contribution in [0.25, 0.3) is 0 Å². The lowest BCUT2D eigenvalue weighted by Crippen LogP contribution is -2.29. The van der Waals surface area contributed by atoms with Gasteiger partial charge in [0, 0.05) is 25.7 Å². The molecule has 1 heterocycles. The highest BCUT2D eigenvalue weighted by Crippen LogP contribution is 2.25. The van der Waals surface area contributed by atoms with E-state index in [2.05, 4.69) is 0 Å². The third kappa shape index (κ3) is 4.46. The fourth-order valence-electron chi connectivity index (χ4n) is 2.34. The summed E-state index contributed by atoms with van der Waals surface area (Å²) >= 11 is 2.00. The molecule has 1 fully saturated rings. The molecule has 0 spiro atoms. The number of hydrogen-bond acceptors (Lipinski definition) is 3. The van der Waals surface area contributed by atoms with Crippen LogP contribution in [0, 0.1) is 5.92 Å². The molecule has 1 aromatic rings. The molecule has 0 aliphatic carbocycles. The van der Waals surface area contributed by atoms with Crippen molar-refractivity contribution in [2.45, 2.75) is 25.8 Å². The van der Waals surface area contributed by atoms with Crippen LogP contribution in [0.2, 0.25) is 0 Å². The number of carbonyl (C=O) groups excluding carboxylic acids is 1. The topological polar surface area (TPSA) is 46.3 Å². The predicted octanol–water partition coefficient (Wildman–Crippen LogP) is 2.76. The van der Waals surface area contributed by atoms with Crippen LogP contribution in [0.15, 0.2) is 24.3 Å². The van der Waals surface area contributed by atoms with E-state index in [0.717, 1.165) is 11.3 Å². The quantitative estimate of drug-likeness (QED) is 0.861. The molecule has 2 rings (SSSR count). The molecule has 0 radical (unpaired) electrons. The van der Waals surface area contributed by atoms with E-state index in [9.17, 15) is 4.79 Å². The first-order chi connectivity index (χ1) is 9.15. The first-order valence-corrected chi connectivity index (χ1v) is 7.97. The van der Waals surface area contributed by atoms with E-state index in [1.54, 1.807) is 0 Å². The fourth-order valence-corrected chi connectivity index (χ4v) is 3.54. The summed E-state index contributed by atoms with van der Waals surface area (Å²) < 4.78 is 0. The Hall–Kier alpha value is -1.16. The molecule has 1 aliphatic rings. The lowest BCUT2D eigenvalue weighted by atomic mass is 9.98. The molecule has 0 unspecified atom stereocenters. The normalized spacial score (nSPS) is 16.3. The van der Waals surface area contributed by atoms with Gasteiger partial charge >= 0.3 is 0 Å². The van der Waals surface area contributed by atoms with Crippen LogP contribution in [0.1, 0.15) is 24.8 Å². The zero-order valence-corrected chi connectivity index (χ0v) is 12.3. The Kier molecular flexibility index (Phi) is 5.14. The smallest absolute Gasteiger partial charge is 0.222 e. The second-order valence-electron chi connectivity index (χ2n) is 5.25. The Bertz CT molecular complexity index is 413. The molecule has 0 aromatic heterocycles. The number of hydrogen-bond donors (Lipinski definition) is 1. The van der Waals surface area contributed by atoms with Gasteiger partial charge in [0.15, 0.2) is 0 Å². The standard InChI is InChI=1S/C15H22N2OS/c1-17(11-13-2-4-14(16)5-3-13)15(18)10-12-6-8-19-9-7-12/h2-5,12H,6-11,16H2,1H3. The van der Waals surface area contributed by atoms with Crippen molar-refractivity contribution in [1.29, 1.82) is 0 Å².